The highest BCUT2D eigenvalue weighted by Crippen LogP contribution is 2.32. The second-order valence-electron chi connectivity index (χ2n) is 7.30. The molecule has 2 aromatic carbocycles. The molecular weight excluding hydrogens is 366 g/mol. The smallest absolute Gasteiger partial charge is 0.238 e. The molecule has 29 heavy (non-hydrogen) atoms. The van der Waals surface area contributed by atoms with Crippen LogP contribution >= 0.6 is 0 Å². The van der Waals surface area contributed by atoms with Crippen molar-refractivity contribution >= 4 is 17.7 Å². The van der Waals surface area contributed by atoms with Crippen molar-refractivity contribution in [2.45, 2.75) is 0 Å². The van der Waals surface area contributed by atoms with Gasteiger partial charge < -0.3 is 14.8 Å². The van der Waals surface area contributed by atoms with Crippen LogP contribution in [-0.2, 0) is 4.79 Å². The number of rotatable bonds is 6. The topological polar surface area (TPSA) is 54.0 Å². The number of piperazine rings is 1. The van der Waals surface area contributed by atoms with E-state index in [1.54, 1.807) is 0 Å². The molecule has 1 saturated heterocycles. The maximum Gasteiger partial charge on any atom is 0.238 e. The quantitative estimate of drug-likeness (QED) is 0.818. The summed E-state index contributed by atoms with van der Waals surface area (Å²) in [5, 5.41) is 2.96. The molecule has 152 valence electrons. The van der Waals surface area contributed by atoms with Crippen LogP contribution in [-0.4, -0.2) is 68.2 Å². The first-order valence-electron chi connectivity index (χ1n) is 10.1. The van der Waals surface area contributed by atoms with E-state index in [9.17, 15) is 4.79 Å². The van der Waals surface area contributed by atoms with Crippen LogP contribution in [0, 0.1) is 0 Å². The molecule has 0 aromatic heterocycles. The third-order valence-electron chi connectivity index (χ3n) is 5.13. The Morgan fingerprint density at radius 2 is 1.66 bits per heavy atom. The van der Waals surface area contributed by atoms with Gasteiger partial charge in [-0.05, 0) is 17.7 Å². The summed E-state index contributed by atoms with van der Waals surface area (Å²) in [4.78, 5) is 17.0. The molecule has 0 radical (unpaired) electrons. The van der Waals surface area contributed by atoms with Crippen molar-refractivity contribution < 1.29 is 14.3 Å². The zero-order valence-electron chi connectivity index (χ0n) is 16.5. The van der Waals surface area contributed by atoms with Crippen LogP contribution in [0.3, 0.4) is 0 Å². The number of benzene rings is 2. The van der Waals surface area contributed by atoms with Crippen molar-refractivity contribution in [1.29, 1.82) is 0 Å². The fourth-order valence-corrected chi connectivity index (χ4v) is 3.56. The number of hydrogen-bond donors (Lipinski definition) is 1. The van der Waals surface area contributed by atoms with Gasteiger partial charge >= 0.3 is 0 Å². The van der Waals surface area contributed by atoms with Crippen LogP contribution in [0.1, 0.15) is 5.56 Å². The lowest BCUT2D eigenvalue weighted by atomic mass is 10.2. The molecule has 4 rings (SSSR count). The molecule has 2 heterocycles. The van der Waals surface area contributed by atoms with Crippen LogP contribution in [0.5, 0.6) is 11.5 Å². The van der Waals surface area contributed by atoms with E-state index in [1.165, 1.54) is 5.56 Å². The highest BCUT2D eigenvalue weighted by molar-refractivity contribution is 5.92. The molecule has 2 aliphatic heterocycles. The number of fused-ring (bicyclic) bond motifs is 1. The number of ether oxygens (including phenoxy) is 2. The lowest BCUT2D eigenvalue weighted by molar-refractivity contribution is -0.117. The zero-order valence-corrected chi connectivity index (χ0v) is 16.5. The predicted octanol–water partition coefficient (Wildman–Crippen LogP) is 2.73. The summed E-state index contributed by atoms with van der Waals surface area (Å²) in [5.74, 6) is 1.41. The van der Waals surface area contributed by atoms with Crippen molar-refractivity contribution in [3.05, 3.63) is 60.2 Å². The summed E-state index contributed by atoms with van der Waals surface area (Å²) in [6.45, 7) is 6.17. The van der Waals surface area contributed by atoms with Gasteiger partial charge in [-0.25, -0.2) is 0 Å². The molecule has 1 fully saturated rings. The average Bonchev–Trinajstić information content (AvgIpc) is 2.75. The fourth-order valence-electron chi connectivity index (χ4n) is 3.56. The lowest BCUT2D eigenvalue weighted by Gasteiger charge is -2.33. The van der Waals surface area contributed by atoms with Gasteiger partial charge in [0.25, 0.3) is 0 Å². The van der Waals surface area contributed by atoms with Gasteiger partial charge in [0, 0.05) is 44.5 Å². The summed E-state index contributed by atoms with van der Waals surface area (Å²) in [5.41, 5.74) is 1.96. The van der Waals surface area contributed by atoms with Crippen LogP contribution < -0.4 is 14.8 Å². The zero-order chi connectivity index (χ0) is 19.9. The molecule has 1 N–H and O–H groups in total. The standard InChI is InChI=1S/C23H27N3O3/c27-23(24-20-8-9-21-22(17-20)29-16-15-28-21)18-26-13-11-25(12-14-26)10-4-7-19-5-2-1-3-6-19/h1-9,17H,10-16,18H2,(H,24,27)/b7-4+. The lowest BCUT2D eigenvalue weighted by Crippen LogP contribution is -2.48. The van der Waals surface area contributed by atoms with E-state index < -0.39 is 0 Å². The summed E-state index contributed by atoms with van der Waals surface area (Å²) in [6, 6.07) is 15.9. The SMILES string of the molecule is O=C(CN1CCN(C/C=C/c2ccccc2)CC1)Nc1ccc2c(c1)OCCO2. The minimum atomic E-state index is -0.000832. The van der Waals surface area contributed by atoms with Gasteiger partial charge in [0.1, 0.15) is 13.2 Å². The molecular formula is C23H27N3O3. The Kier molecular flexibility index (Phi) is 6.44. The van der Waals surface area contributed by atoms with Crippen molar-refractivity contribution in [2.24, 2.45) is 0 Å². The first kappa shape index (κ1) is 19.5. The van der Waals surface area contributed by atoms with Gasteiger partial charge in [-0.1, -0.05) is 42.5 Å². The molecule has 2 aromatic rings. The van der Waals surface area contributed by atoms with Gasteiger partial charge in [-0.3, -0.25) is 14.6 Å². The van der Waals surface area contributed by atoms with E-state index in [1.807, 2.05) is 24.3 Å². The number of nitrogens with zero attached hydrogens (tertiary/aromatic N) is 2. The third-order valence-corrected chi connectivity index (χ3v) is 5.13. The maximum atomic E-state index is 12.4. The average molecular weight is 393 g/mol. The summed E-state index contributed by atoms with van der Waals surface area (Å²) in [7, 11) is 0. The van der Waals surface area contributed by atoms with Crippen LogP contribution in [0.25, 0.3) is 6.08 Å². The normalized spacial score (nSPS) is 17.4. The number of anilines is 1. The molecule has 1 amide bonds. The van der Waals surface area contributed by atoms with E-state index >= 15 is 0 Å². The molecule has 2 aliphatic rings. The summed E-state index contributed by atoms with van der Waals surface area (Å²) >= 11 is 0. The van der Waals surface area contributed by atoms with Gasteiger partial charge in [0.2, 0.25) is 5.91 Å². The van der Waals surface area contributed by atoms with Gasteiger partial charge in [-0.2, -0.15) is 0 Å². The monoisotopic (exact) mass is 393 g/mol. The van der Waals surface area contributed by atoms with Gasteiger partial charge in [0.15, 0.2) is 11.5 Å². The van der Waals surface area contributed by atoms with E-state index in [0.29, 0.717) is 25.5 Å². The Morgan fingerprint density at radius 3 is 2.45 bits per heavy atom. The van der Waals surface area contributed by atoms with E-state index in [-0.39, 0.29) is 5.91 Å². The summed E-state index contributed by atoms with van der Waals surface area (Å²) < 4.78 is 11.1. The first-order chi connectivity index (χ1) is 14.3. The Balaban J connectivity index is 1.19. The van der Waals surface area contributed by atoms with Crippen molar-refractivity contribution in [3.8, 4) is 11.5 Å². The molecule has 0 aliphatic carbocycles. The number of carbonyl (C=O) groups is 1. The molecule has 0 bridgehead atoms. The third kappa shape index (κ3) is 5.59. The number of nitrogens with one attached hydrogen (secondary N) is 1. The molecule has 0 unspecified atom stereocenters. The Labute approximate surface area is 171 Å². The van der Waals surface area contributed by atoms with E-state index in [2.05, 4.69) is 51.5 Å². The van der Waals surface area contributed by atoms with Crippen LogP contribution in [0.15, 0.2) is 54.6 Å². The van der Waals surface area contributed by atoms with Crippen LogP contribution in [0.4, 0.5) is 5.69 Å². The predicted molar refractivity (Wildman–Crippen MR) is 114 cm³/mol. The Morgan fingerprint density at radius 1 is 0.931 bits per heavy atom. The van der Waals surface area contributed by atoms with E-state index in [0.717, 1.165) is 44.2 Å². The minimum Gasteiger partial charge on any atom is -0.486 e. The number of hydrogen-bond acceptors (Lipinski definition) is 5. The second kappa shape index (κ2) is 9.58. The Bertz CT molecular complexity index is 846. The second-order valence-corrected chi connectivity index (χ2v) is 7.30. The fraction of sp³-hybridized carbons (Fsp3) is 0.348. The molecule has 0 saturated carbocycles. The number of amides is 1. The van der Waals surface area contributed by atoms with Crippen LogP contribution in [0.2, 0.25) is 0 Å². The highest BCUT2D eigenvalue weighted by atomic mass is 16.6. The largest absolute Gasteiger partial charge is 0.486 e. The maximum absolute atomic E-state index is 12.4. The van der Waals surface area contributed by atoms with Gasteiger partial charge in [-0.15, -0.1) is 0 Å². The minimum absolute atomic E-state index is 0.000832. The molecule has 0 spiro atoms. The highest BCUT2D eigenvalue weighted by Gasteiger charge is 2.19. The van der Waals surface area contributed by atoms with Crippen molar-refractivity contribution in [2.75, 3.05) is 57.8 Å². The molecule has 6 nitrogen and oxygen atoms in total. The Hall–Kier alpha value is -2.83. The van der Waals surface area contributed by atoms with E-state index in [4.69, 9.17) is 9.47 Å². The summed E-state index contributed by atoms with van der Waals surface area (Å²) in [6.07, 6.45) is 4.37. The molecule has 0 atom stereocenters. The van der Waals surface area contributed by atoms with Crippen molar-refractivity contribution in [3.63, 3.8) is 0 Å². The number of carbonyl (C=O) groups excluding carboxylic acids is 1. The molecule has 6 heteroatoms. The van der Waals surface area contributed by atoms with Gasteiger partial charge in [0.05, 0.1) is 6.54 Å². The first-order valence-corrected chi connectivity index (χ1v) is 10.1. The van der Waals surface area contributed by atoms with Crippen molar-refractivity contribution in [1.82, 2.24) is 9.80 Å².